The summed E-state index contributed by atoms with van der Waals surface area (Å²) in [6, 6.07) is 4.31. The van der Waals surface area contributed by atoms with Gasteiger partial charge in [-0.25, -0.2) is 0 Å². The fourth-order valence-corrected chi connectivity index (χ4v) is 3.32. The van der Waals surface area contributed by atoms with Crippen molar-refractivity contribution in [1.82, 2.24) is 0 Å². The Labute approximate surface area is 152 Å². The van der Waals surface area contributed by atoms with E-state index < -0.39 is 0 Å². The van der Waals surface area contributed by atoms with Crippen molar-refractivity contribution in [2.24, 2.45) is 4.99 Å². The number of phenolic OH excluding ortho intramolecular Hbond substituents is 1. The zero-order valence-electron chi connectivity index (χ0n) is 16.5. The van der Waals surface area contributed by atoms with E-state index in [-0.39, 0.29) is 10.8 Å². The maximum atomic E-state index is 10.8. The van der Waals surface area contributed by atoms with Crippen LogP contribution in [0, 0.1) is 0 Å². The quantitative estimate of drug-likeness (QED) is 0.494. The minimum absolute atomic E-state index is 0.0859. The van der Waals surface area contributed by atoms with E-state index in [0.29, 0.717) is 5.75 Å². The van der Waals surface area contributed by atoms with Gasteiger partial charge >= 0.3 is 0 Å². The molecule has 0 aromatic heterocycles. The number of nitrogens with zero attached hydrogens (tertiary/aromatic N) is 1. The second-order valence-corrected chi connectivity index (χ2v) is 9.24. The van der Waals surface area contributed by atoms with Crippen molar-refractivity contribution in [1.29, 1.82) is 0 Å². The summed E-state index contributed by atoms with van der Waals surface area (Å²) in [6.45, 7) is 17.0. The molecule has 24 heavy (non-hydrogen) atoms. The van der Waals surface area contributed by atoms with Gasteiger partial charge in [0.2, 0.25) is 0 Å². The van der Waals surface area contributed by atoms with Crippen LogP contribution in [-0.4, -0.2) is 10.2 Å². The summed E-state index contributed by atoms with van der Waals surface area (Å²) in [6.07, 6.45) is 4.74. The summed E-state index contributed by atoms with van der Waals surface area (Å²) in [5, 5.41) is 11.9. The van der Waals surface area contributed by atoms with Gasteiger partial charge in [-0.05, 0) is 40.9 Å². The fourth-order valence-electron chi connectivity index (χ4n) is 2.48. The molecule has 0 aliphatic rings. The highest BCUT2D eigenvalue weighted by Crippen LogP contribution is 2.40. The Morgan fingerprint density at radius 2 is 1.58 bits per heavy atom. The van der Waals surface area contributed by atoms with Crippen LogP contribution in [0.15, 0.2) is 29.4 Å². The molecule has 2 nitrogen and oxygen atoms in total. The van der Waals surface area contributed by atoms with Crippen LogP contribution >= 0.6 is 11.8 Å². The van der Waals surface area contributed by atoms with Crippen LogP contribution in [0.1, 0.15) is 78.5 Å². The van der Waals surface area contributed by atoms with Crippen LogP contribution in [0.3, 0.4) is 0 Å². The predicted octanol–water partition coefficient (Wildman–Crippen LogP) is 6.56. The number of aliphatic imine (C=N–C) groups is 1. The van der Waals surface area contributed by atoms with Crippen molar-refractivity contribution >= 4 is 16.8 Å². The van der Waals surface area contributed by atoms with Crippen molar-refractivity contribution in [3.8, 4) is 5.75 Å². The summed E-state index contributed by atoms with van der Waals surface area (Å²) in [5.41, 5.74) is 3.12. The molecule has 0 spiro atoms. The lowest BCUT2D eigenvalue weighted by Crippen LogP contribution is -2.17. The molecule has 0 radical (unpaired) electrons. The van der Waals surface area contributed by atoms with E-state index in [0.717, 1.165) is 28.3 Å². The molecule has 1 aromatic carbocycles. The summed E-state index contributed by atoms with van der Waals surface area (Å²) < 4.78 is 0. The molecule has 0 amide bonds. The van der Waals surface area contributed by atoms with Gasteiger partial charge in [0, 0.05) is 12.0 Å². The lowest BCUT2D eigenvalue weighted by atomic mass is 9.78. The number of rotatable bonds is 4. The molecule has 1 aromatic rings. The van der Waals surface area contributed by atoms with Gasteiger partial charge in [-0.3, -0.25) is 4.99 Å². The SMILES string of the molecule is C/C=C\N=C(CC)SCc1cc(C(C)(C)C)c(O)c(C(C)(C)C)c1. The molecule has 0 saturated carbocycles. The van der Waals surface area contributed by atoms with Crippen molar-refractivity contribution in [2.75, 3.05) is 0 Å². The molecule has 0 fully saturated rings. The molecule has 3 heteroatoms. The molecule has 0 aliphatic carbocycles. The minimum atomic E-state index is -0.0859. The van der Waals surface area contributed by atoms with E-state index in [2.05, 4.69) is 65.6 Å². The van der Waals surface area contributed by atoms with Gasteiger partial charge in [0.15, 0.2) is 0 Å². The fraction of sp³-hybridized carbons (Fsp3) is 0.571. The number of hydrogen-bond acceptors (Lipinski definition) is 3. The van der Waals surface area contributed by atoms with Gasteiger partial charge in [0.1, 0.15) is 5.75 Å². The van der Waals surface area contributed by atoms with E-state index in [4.69, 9.17) is 0 Å². The molecular formula is C21H33NOS. The smallest absolute Gasteiger partial charge is 0.123 e. The number of benzene rings is 1. The van der Waals surface area contributed by atoms with Gasteiger partial charge in [-0.15, -0.1) is 11.8 Å². The molecule has 1 rings (SSSR count). The highest BCUT2D eigenvalue weighted by atomic mass is 32.2. The normalized spacial score (nSPS) is 13.8. The summed E-state index contributed by atoms with van der Waals surface area (Å²) >= 11 is 1.78. The Morgan fingerprint density at radius 3 is 1.96 bits per heavy atom. The molecule has 0 saturated heterocycles. The van der Waals surface area contributed by atoms with Crippen LogP contribution in [0.2, 0.25) is 0 Å². The Bertz CT molecular complexity index is 581. The molecule has 0 atom stereocenters. The summed E-state index contributed by atoms with van der Waals surface area (Å²) in [7, 11) is 0. The number of thioether (sulfide) groups is 1. The Balaban J connectivity index is 3.25. The van der Waals surface area contributed by atoms with Crippen molar-refractivity contribution in [2.45, 2.75) is 78.4 Å². The van der Waals surface area contributed by atoms with E-state index in [1.54, 1.807) is 11.8 Å². The number of allylic oxidation sites excluding steroid dienone is 1. The molecule has 0 unspecified atom stereocenters. The van der Waals surface area contributed by atoms with E-state index in [1.165, 1.54) is 5.56 Å². The highest BCUT2D eigenvalue weighted by Gasteiger charge is 2.26. The Hall–Kier alpha value is -1.22. The first-order valence-corrected chi connectivity index (χ1v) is 9.66. The third kappa shape index (κ3) is 5.70. The molecule has 1 N–H and O–H groups in total. The monoisotopic (exact) mass is 347 g/mol. The topological polar surface area (TPSA) is 32.6 Å². The van der Waals surface area contributed by atoms with Gasteiger partial charge in [-0.2, -0.15) is 0 Å². The van der Waals surface area contributed by atoms with Crippen molar-refractivity contribution in [3.63, 3.8) is 0 Å². The molecule has 134 valence electrons. The van der Waals surface area contributed by atoms with Crippen LogP contribution in [0.5, 0.6) is 5.75 Å². The molecular weight excluding hydrogens is 314 g/mol. The van der Waals surface area contributed by atoms with Crippen LogP contribution in [0.4, 0.5) is 0 Å². The van der Waals surface area contributed by atoms with E-state index in [9.17, 15) is 5.11 Å². The molecule has 0 aliphatic heterocycles. The van der Waals surface area contributed by atoms with Crippen molar-refractivity contribution < 1.29 is 5.11 Å². The minimum Gasteiger partial charge on any atom is -0.507 e. The standard InChI is InChI=1S/C21H33NOS/c1-9-11-22-18(10-2)24-14-15-12-16(20(3,4)5)19(23)17(13-15)21(6,7)8/h9,11-13,23H,10,14H2,1-8H3/b11-9-,22-18?. The summed E-state index contributed by atoms with van der Waals surface area (Å²) in [5.74, 6) is 1.32. The average molecular weight is 348 g/mol. The maximum absolute atomic E-state index is 10.8. The lowest BCUT2D eigenvalue weighted by molar-refractivity contribution is 0.423. The molecule has 0 bridgehead atoms. The first-order valence-electron chi connectivity index (χ1n) is 8.68. The largest absolute Gasteiger partial charge is 0.507 e. The predicted molar refractivity (Wildman–Crippen MR) is 109 cm³/mol. The maximum Gasteiger partial charge on any atom is 0.123 e. The van der Waals surface area contributed by atoms with Crippen LogP contribution in [-0.2, 0) is 16.6 Å². The van der Waals surface area contributed by atoms with Gasteiger partial charge in [-0.1, -0.05) is 66.7 Å². The number of hydrogen-bond donors (Lipinski definition) is 1. The van der Waals surface area contributed by atoms with Gasteiger partial charge in [0.05, 0.1) is 5.04 Å². The molecule has 0 heterocycles. The van der Waals surface area contributed by atoms with Gasteiger partial charge in [0.25, 0.3) is 0 Å². The van der Waals surface area contributed by atoms with E-state index in [1.807, 2.05) is 19.2 Å². The van der Waals surface area contributed by atoms with Crippen LogP contribution in [0.25, 0.3) is 0 Å². The van der Waals surface area contributed by atoms with Crippen molar-refractivity contribution in [3.05, 3.63) is 41.1 Å². The number of aromatic hydroxyl groups is 1. The first kappa shape index (κ1) is 20.8. The zero-order valence-corrected chi connectivity index (χ0v) is 17.3. The number of phenols is 1. The van der Waals surface area contributed by atoms with E-state index >= 15 is 0 Å². The second kappa shape index (κ2) is 8.24. The Kier molecular flexibility index (Phi) is 7.15. The van der Waals surface area contributed by atoms with Crippen LogP contribution < -0.4 is 0 Å². The second-order valence-electron chi connectivity index (χ2n) is 8.19. The lowest BCUT2D eigenvalue weighted by Gasteiger charge is -2.28. The zero-order chi connectivity index (χ0) is 18.5. The summed E-state index contributed by atoms with van der Waals surface area (Å²) in [4.78, 5) is 4.49. The Morgan fingerprint density at radius 1 is 1.08 bits per heavy atom. The first-order chi connectivity index (χ1) is 11.0. The highest BCUT2D eigenvalue weighted by molar-refractivity contribution is 8.13. The third-order valence-electron chi connectivity index (χ3n) is 3.86. The average Bonchev–Trinajstić information content (AvgIpc) is 2.46. The van der Waals surface area contributed by atoms with Gasteiger partial charge < -0.3 is 5.11 Å². The third-order valence-corrected chi connectivity index (χ3v) is 5.07.